The fraction of sp³-hybridized carbons (Fsp3) is 0.694. The minimum atomic E-state index is -1.53. The largest absolute Gasteiger partial charge is 0.459 e. The van der Waals surface area contributed by atoms with Gasteiger partial charge in [-0.15, -0.1) is 6.58 Å². The van der Waals surface area contributed by atoms with Gasteiger partial charge in [-0.3, -0.25) is 4.90 Å². The first-order valence-electron chi connectivity index (χ1n) is 29.6. The Morgan fingerprint density at radius 3 is 2.03 bits per heavy atom. The summed E-state index contributed by atoms with van der Waals surface area (Å²) in [4.78, 5) is 36.0. The van der Waals surface area contributed by atoms with Crippen LogP contribution in [0.3, 0.4) is 0 Å². The van der Waals surface area contributed by atoms with Crippen LogP contribution in [0.5, 0.6) is 11.5 Å². The molecule has 3 aliphatic rings. The van der Waals surface area contributed by atoms with Crippen LogP contribution in [0.2, 0.25) is 0 Å². The molecular weight excluding hydrogens is 950 g/mol. The van der Waals surface area contributed by atoms with E-state index in [4.69, 9.17) is 28.9 Å². The summed E-state index contributed by atoms with van der Waals surface area (Å²) in [5.41, 5.74) is 3.10. The highest BCUT2D eigenvalue weighted by Crippen LogP contribution is 2.62. The molecular formula is C62H96FN3O9. The van der Waals surface area contributed by atoms with Gasteiger partial charge in [0.25, 0.3) is 0 Å². The van der Waals surface area contributed by atoms with E-state index in [2.05, 4.69) is 31.8 Å². The number of aliphatic hydroxyl groups is 2. The number of fused-ring (bicyclic) bond motifs is 2. The zero-order valence-electron chi connectivity index (χ0n) is 46.4. The lowest BCUT2D eigenvalue weighted by Gasteiger charge is -2.59. The molecule has 0 aromatic heterocycles. The Morgan fingerprint density at radius 1 is 0.800 bits per heavy atom. The maximum Gasteiger partial charge on any atom is 0.412 e. The Balaban J connectivity index is 1.51. The lowest BCUT2D eigenvalue weighted by atomic mass is 9.55. The van der Waals surface area contributed by atoms with Gasteiger partial charge < -0.3 is 39.3 Å². The van der Waals surface area contributed by atoms with E-state index in [0.717, 1.165) is 81.8 Å². The summed E-state index contributed by atoms with van der Waals surface area (Å²) < 4.78 is 41.3. The van der Waals surface area contributed by atoms with Gasteiger partial charge in [-0.2, -0.15) is 0 Å². The Kier molecular flexibility index (Phi) is 28.7. The van der Waals surface area contributed by atoms with E-state index < -0.39 is 29.9 Å². The number of nitrogens with zero attached hydrogens (tertiary/aromatic N) is 2. The lowest BCUT2D eigenvalue weighted by molar-refractivity contribution is -0.256. The van der Waals surface area contributed by atoms with E-state index in [1.54, 1.807) is 29.2 Å². The highest BCUT2D eigenvalue weighted by Gasteiger charge is 2.65. The molecule has 2 aromatic carbocycles. The number of amides is 2. The van der Waals surface area contributed by atoms with Gasteiger partial charge >= 0.3 is 12.2 Å². The minimum Gasteiger partial charge on any atom is -0.459 e. The van der Waals surface area contributed by atoms with E-state index in [-0.39, 0.29) is 63.0 Å². The zero-order chi connectivity index (χ0) is 53.5. The van der Waals surface area contributed by atoms with Crippen LogP contribution < -0.4 is 14.8 Å². The standard InChI is InChI=1S/C62H96FN3O9/c1-5-9-11-13-15-17-19-21-23-27-39-64-60(69)74-51-37-38-56-54(45-51)58-52(32-26-29-41-68)49(31-25-28-40-67)44-53-55(65-73-8-4)46-57(62(75-56,59(53)58)72-42-7-3)66(47-48-33-35-50(63)36-34-48)61(70)71-43-30-24-22-20-18-16-14-12-10-6-2/h7,33-38,44-45,49,52,57-59,67-68H,3,5-6,8-32,39-43,46-47H2,1-2,4H3,(H,64,69)/t49-,52+,57-,58+,59+,62+/m0/s1. The van der Waals surface area contributed by atoms with E-state index >= 15 is 0 Å². The van der Waals surface area contributed by atoms with Crippen LogP contribution >= 0.6 is 0 Å². The van der Waals surface area contributed by atoms with Crippen LogP contribution in [0.25, 0.3) is 0 Å². The highest BCUT2D eigenvalue weighted by molar-refractivity contribution is 6.03. The predicted molar refractivity (Wildman–Crippen MR) is 298 cm³/mol. The second kappa shape index (κ2) is 35.1. The molecule has 1 heterocycles. The molecule has 13 heteroatoms. The monoisotopic (exact) mass is 1050 g/mol. The molecule has 5 rings (SSSR count). The van der Waals surface area contributed by atoms with E-state index in [0.29, 0.717) is 48.8 Å². The molecule has 0 saturated heterocycles. The summed E-state index contributed by atoms with van der Waals surface area (Å²) in [7, 11) is 0. The molecule has 1 fully saturated rings. The number of rotatable bonds is 39. The number of hydrogen-bond acceptors (Lipinski definition) is 10. The third-order valence-electron chi connectivity index (χ3n) is 15.6. The summed E-state index contributed by atoms with van der Waals surface area (Å²) in [6.07, 6.45) is 31.0. The zero-order valence-corrected chi connectivity index (χ0v) is 46.4. The first-order valence-corrected chi connectivity index (χ1v) is 29.6. The number of unbranched alkanes of at least 4 members (excludes halogenated alkanes) is 20. The van der Waals surface area contributed by atoms with Crippen molar-refractivity contribution in [2.75, 3.05) is 39.6 Å². The fourth-order valence-corrected chi connectivity index (χ4v) is 11.7. The molecule has 0 spiro atoms. The lowest BCUT2D eigenvalue weighted by Crippen LogP contribution is -2.70. The molecule has 12 nitrogen and oxygen atoms in total. The van der Waals surface area contributed by atoms with E-state index in [9.17, 15) is 24.2 Å². The number of carbonyl (C=O) groups excluding carboxylic acids is 2. The Morgan fingerprint density at radius 2 is 1.41 bits per heavy atom. The van der Waals surface area contributed by atoms with Crippen LogP contribution in [0.4, 0.5) is 14.0 Å². The summed E-state index contributed by atoms with van der Waals surface area (Å²) in [5, 5.41) is 27.8. The van der Waals surface area contributed by atoms with Gasteiger partial charge in [0.15, 0.2) is 0 Å². The number of hydrogen-bond donors (Lipinski definition) is 3. The van der Waals surface area contributed by atoms with Gasteiger partial charge in [0, 0.05) is 44.2 Å². The molecule has 0 radical (unpaired) electrons. The van der Waals surface area contributed by atoms with Gasteiger partial charge in [0.05, 0.1) is 24.8 Å². The van der Waals surface area contributed by atoms with E-state index in [1.165, 1.54) is 95.6 Å². The number of aliphatic hydroxyl groups excluding tert-OH is 2. The van der Waals surface area contributed by atoms with Crippen molar-refractivity contribution in [2.24, 2.45) is 22.9 Å². The average Bonchev–Trinajstić information content (AvgIpc) is 3.45. The highest BCUT2D eigenvalue weighted by atomic mass is 19.1. The third-order valence-corrected chi connectivity index (χ3v) is 15.6. The van der Waals surface area contributed by atoms with Crippen molar-refractivity contribution in [1.82, 2.24) is 10.2 Å². The molecule has 3 N–H and O–H groups in total. The Labute approximate surface area is 450 Å². The quantitative estimate of drug-likeness (QED) is 0.0338. The summed E-state index contributed by atoms with van der Waals surface area (Å²) >= 11 is 0. The molecule has 6 atom stereocenters. The predicted octanol–water partition coefficient (Wildman–Crippen LogP) is 15.0. The van der Waals surface area contributed by atoms with Crippen LogP contribution in [0.15, 0.2) is 71.9 Å². The average molecular weight is 1050 g/mol. The number of halogens is 1. The third kappa shape index (κ3) is 19.2. The van der Waals surface area contributed by atoms with Crippen molar-refractivity contribution < 1.29 is 48.0 Å². The second-order valence-corrected chi connectivity index (χ2v) is 21.2. The SMILES string of the molecule is C=CCO[C@@]12Oc3ccc(OC(=O)NCCCCCCCCCCCC)cc3[C@H]3[C@H](CCCCO)[C@@H](CCCCO)C=C(C(=NOCC)C[C@@H]1N(Cc1ccc(F)cc1)C(=O)OCCCCCCCCCCCC)[C@H]32. The van der Waals surface area contributed by atoms with Crippen molar-refractivity contribution >= 4 is 17.9 Å². The number of carbonyl (C=O) groups is 2. The minimum absolute atomic E-state index is 0.0215. The summed E-state index contributed by atoms with van der Waals surface area (Å²) in [5.74, 6) is -1.89. The number of oxime groups is 1. The number of ether oxygens (including phenoxy) is 4. The molecule has 1 saturated carbocycles. The first kappa shape index (κ1) is 61.4. The molecule has 2 amide bonds. The van der Waals surface area contributed by atoms with Gasteiger partial charge in [-0.25, -0.2) is 14.0 Å². The smallest absolute Gasteiger partial charge is 0.412 e. The van der Waals surface area contributed by atoms with Crippen LogP contribution in [0.1, 0.15) is 211 Å². The molecule has 2 aliphatic carbocycles. The maximum absolute atomic E-state index is 15.0. The second-order valence-electron chi connectivity index (χ2n) is 21.2. The van der Waals surface area contributed by atoms with Gasteiger partial charge in [-0.1, -0.05) is 172 Å². The number of benzene rings is 2. The van der Waals surface area contributed by atoms with Crippen molar-refractivity contribution in [2.45, 2.75) is 218 Å². The summed E-state index contributed by atoms with van der Waals surface area (Å²) in [6.45, 7) is 11.8. The molecule has 75 heavy (non-hydrogen) atoms. The normalized spacial score (nSPS) is 21.1. The molecule has 1 aliphatic heterocycles. The molecule has 0 bridgehead atoms. The molecule has 2 aromatic rings. The van der Waals surface area contributed by atoms with Crippen molar-refractivity contribution in [3.8, 4) is 11.5 Å². The van der Waals surface area contributed by atoms with Crippen LogP contribution in [-0.4, -0.2) is 84.4 Å². The van der Waals surface area contributed by atoms with Crippen LogP contribution in [-0.2, 0) is 20.9 Å². The van der Waals surface area contributed by atoms with Gasteiger partial charge in [-0.05, 0) is 98.8 Å². The number of allylic oxidation sites excluding steroid dienone is 1. The Bertz CT molecular complexity index is 2010. The number of nitrogens with one attached hydrogen (secondary N) is 1. The Hall–Kier alpha value is -4.46. The topological polar surface area (TPSA) is 148 Å². The van der Waals surface area contributed by atoms with Crippen molar-refractivity contribution in [3.05, 3.63) is 83.7 Å². The molecule has 0 unspecified atom stereocenters. The fourth-order valence-electron chi connectivity index (χ4n) is 11.7. The maximum atomic E-state index is 15.0. The first-order chi connectivity index (χ1) is 36.7. The summed E-state index contributed by atoms with van der Waals surface area (Å²) in [6, 6.07) is 10.8. The van der Waals surface area contributed by atoms with Crippen LogP contribution in [0, 0.1) is 23.6 Å². The van der Waals surface area contributed by atoms with Crippen molar-refractivity contribution in [3.63, 3.8) is 0 Å². The van der Waals surface area contributed by atoms with Gasteiger partial charge in [0.2, 0.25) is 5.79 Å². The van der Waals surface area contributed by atoms with Gasteiger partial charge in [0.1, 0.15) is 30.0 Å². The van der Waals surface area contributed by atoms with Crippen molar-refractivity contribution in [1.29, 1.82) is 0 Å². The molecule has 420 valence electrons. The van der Waals surface area contributed by atoms with E-state index in [1.807, 2.05) is 19.1 Å².